The number of nitrogens with one attached hydrogen (secondary N) is 2. The number of amides is 2. The number of benzene rings is 1. The number of methoxy groups -OCH3 is 1. The second-order valence-corrected chi connectivity index (χ2v) is 9.59. The number of carbonyl (C=O) groups excluding carboxylic acids is 2. The molecule has 0 saturated heterocycles. The molecule has 2 aromatic heterocycles. The molecule has 0 aliphatic rings. The van der Waals surface area contributed by atoms with Crippen molar-refractivity contribution in [2.45, 2.75) is 26.9 Å². The van der Waals surface area contributed by atoms with Crippen molar-refractivity contribution >= 4 is 39.0 Å². The number of hydrogen-bond acceptors (Lipinski definition) is 7. The summed E-state index contributed by atoms with van der Waals surface area (Å²) in [4.78, 5) is 29.3. The van der Waals surface area contributed by atoms with Gasteiger partial charge in [-0.1, -0.05) is 0 Å². The van der Waals surface area contributed by atoms with Crippen molar-refractivity contribution in [1.82, 2.24) is 28.4 Å². The number of rotatable bonds is 10. The minimum atomic E-state index is -3.67. The molecule has 2 heterocycles. The van der Waals surface area contributed by atoms with Gasteiger partial charge in [-0.05, 0) is 32.0 Å². The van der Waals surface area contributed by atoms with Crippen LogP contribution in [0.4, 0.5) is 5.95 Å². The lowest BCUT2D eigenvalue weighted by Gasteiger charge is -2.15. The van der Waals surface area contributed by atoms with E-state index in [1.165, 1.54) is 33.3 Å². The number of primary amides is 1. The van der Waals surface area contributed by atoms with E-state index in [2.05, 4.69) is 20.1 Å². The van der Waals surface area contributed by atoms with Crippen molar-refractivity contribution in [3.05, 3.63) is 35.2 Å². The van der Waals surface area contributed by atoms with Crippen molar-refractivity contribution < 1.29 is 22.7 Å². The molecule has 0 fully saturated rings. The molecule has 184 valence electrons. The third-order valence-electron chi connectivity index (χ3n) is 5.07. The quantitative estimate of drug-likeness (QED) is 0.366. The van der Waals surface area contributed by atoms with Gasteiger partial charge in [0.15, 0.2) is 0 Å². The van der Waals surface area contributed by atoms with Crippen LogP contribution >= 0.6 is 0 Å². The zero-order chi connectivity index (χ0) is 25.2. The highest BCUT2D eigenvalue weighted by Gasteiger charge is 2.22. The van der Waals surface area contributed by atoms with E-state index in [0.717, 1.165) is 4.31 Å². The maximum atomic E-state index is 13.0. The smallest absolute Gasteiger partial charge is 0.278 e. The molecule has 3 aromatic rings. The molecule has 34 heavy (non-hydrogen) atoms. The van der Waals surface area contributed by atoms with Gasteiger partial charge in [0.25, 0.3) is 16.1 Å². The van der Waals surface area contributed by atoms with Gasteiger partial charge in [0.1, 0.15) is 17.0 Å². The molecule has 0 saturated carbocycles. The van der Waals surface area contributed by atoms with Crippen LogP contribution in [0.5, 0.6) is 5.75 Å². The van der Waals surface area contributed by atoms with Crippen molar-refractivity contribution in [2.75, 3.05) is 33.1 Å². The van der Waals surface area contributed by atoms with E-state index in [0.29, 0.717) is 34.7 Å². The highest BCUT2D eigenvalue weighted by Crippen LogP contribution is 2.30. The van der Waals surface area contributed by atoms with Gasteiger partial charge in [-0.15, -0.1) is 0 Å². The number of fused-ring (bicyclic) bond motifs is 1. The number of aromatic nitrogens is 4. The molecular weight excluding hydrogens is 464 g/mol. The lowest BCUT2D eigenvalue weighted by molar-refractivity contribution is 0.0995. The highest BCUT2D eigenvalue weighted by molar-refractivity contribution is 7.87. The number of aryl methyl sites for hydroxylation is 2. The standard InChI is InChI=1S/C20H28N8O5S/c1-6-28-15(9-12(2)25-28)19(30)24-20-23-14-10-13(18(21)29)11-16(33-5)17(14)27(20)8-7-22-34(31,32)26(3)4/h9-11,22H,6-8H2,1-5H3,(H2,21,29)(H,23,24,30). The normalized spacial score (nSPS) is 11.8. The molecule has 0 unspecified atom stereocenters. The number of ether oxygens (including phenoxy) is 1. The van der Waals surface area contributed by atoms with E-state index in [-0.39, 0.29) is 24.6 Å². The lowest BCUT2D eigenvalue weighted by atomic mass is 10.1. The van der Waals surface area contributed by atoms with E-state index < -0.39 is 22.0 Å². The number of hydrogen-bond donors (Lipinski definition) is 3. The van der Waals surface area contributed by atoms with Crippen molar-refractivity contribution in [2.24, 2.45) is 5.73 Å². The van der Waals surface area contributed by atoms with Crippen LogP contribution < -0.4 is 20.5 Å². The van der Waals surface area contributed by atoms with Crippen LogP contribution in [-0.4, -0.2) is 71.6 Å². The second kappa shape index (κ2) is 9.79. The van der Waals surface area contributed by atoms with Crippen LogP contribution in [0.1, 0.15) is 33.5 Å². The molecule has 0 radical (unpaired) electrons. The number of nitrogens with zero attached hydrogens (tertiary/aromatic N) is 5. The van der Waals surface area contributed by atoms with Gasteiger partial charge in [-0.25, -0.2) is 9.71 Å². The van der Waals surface area contributed by atoms with E-state index in [4.69, 9.17) is 10.5 Å². The molecular formula is C20H28N8O5S. The van der Waals surface area contributed by atoms with E-state index in [1.807, 2.05) is 6.92 Å². The van der Waals surface area contributed by atoms with E-state index >= 15 is 0 Å². The van der Waals surface area contributed by atoms with Crippen LogP contribution in [0.15, 0.2) is 18.2 Å². The minimum Gasteiger partial charge on any atom is -0.494 e. The SMILES string of the molecule is CCn1nc(C)cc1C(=O)Nc1nc2cc(C(N)=O)cc(OC)c2n1CCNS(=O)(=O)N(C)C. The topological polar surface area (TPSA) is 166 Å². The first-order valence-corrected chi connectivity index (χ1v) is 11.8. The Labute approximate surface area is 197 Å². The number of anilines is 1. The third kappa shape index (κ3) is 5.03. The van der Waals surface area contributed by atoms with Crippen molar-refractivity contribution in [3.63, 3.8) is 0 Å². The van der Waals surface area contributed by atoms with Gasteiger partial charge < -0.3 is 15.0 Å². The Morgan fingerprint density at radius 1 is 1.24 bits per heavy atom. The zero-order valence-electron chi connectivity index (χ0n) is 19.6. The van der Waals surface area contributed by atoms with Gasteiger partial charge in [0, 0.05) is 39.3 Å². The summed E-state index contributed by atoms with van der Waals surface area (Å²) in [5.41, 5.74) is 7.45. The summed E-state index contributed by atoms with van der Waals surface area (Å²) >= 11 is 0. The van der Waals surface area contributed by atoms with E-state index in [9.17, 15) is 18.0 Å². The molecule has 0 aliphatic carbocycles. The summed E-state index contributed by atoms with van der Waals surface area (Å²) < 4.78 is 36.4. The molecule has 2 amide bonds. The fraction of sp³-hybridized carbons (Fsp3) is 0.400. The van der Waals surface area contributed by atoms with Crippen molar-refractivity contribution in [3.8, 4) is 5.75 Å². The molecule has 0 atom stereocenters. The van der Waals surface area contributed by atoms with E-state index in [1.54, 1.807) is 22.2 Å². The fourth-order valence-electron chi connectivity index (χ4n) is 3.39. The number of carbonyl (C=O) groups is 2. The van der Waals surface area contributed by atoms with Gasteiger partial charge >= 0.3 is 0 Å². The molecule has 0 aliphatic heterocycles. The Bertz CT molecular complexity index is 1340. The van der Waals surface area contributed by atoms with Crippen molar-refractivity contribution in [1.29, 1.82) is 0 Å². The van der Waals surface area contributed by atoms with Crippen LogP contribution in [0.2, 0.25) is 0 Å². The molecule has 13 nitrogen and oxygen atoms in total. The first-order chi connectivity index (χ1) is 16.0. The zero-order valence-corrected chi connectivity index (χ0v) is 20.4. The largest absolute Gasteiger partial charge is 0.494 e. The molecule has 0 bridgehead atoms. The minimum absolute atomic E-state index is 0.00156. The molecule has 14 heteroatoms. The Hall–Kier alpha value is -3.49. The predicted molar refractivity (Wildman–Crippen MR) is 126 cm³/mol. The third-order valence-corrected chi connectivity index (χ3v) is 6.60. The Kier molecular flexibility index (Phi) is 7.24. The molecule has 4 N–H and O–H groups in total. The first-order valence-electron chi connectivity index (χ1n) is 10.4. The van der Waals surface area contributed by atoms with Crippen LogP contribution in [0.25, 0.3) is 11.0 Å². The lowest BCUT2D eigenvalue weighted by Crippen LogP contribution is -2.37. The molecule has 3 rings (SSSR count). The Balaban J connectivity index is 2.06. The van der Waals surface area contributed by atoms with Crippen LogP contribution in [-0.2, 0) is 23.3 Å². The summed E-state index contributed by atoms with van der Waals surface area (Å²) in [7, 11) is 0.579. The number of nitrogens with two attached hydrogens (primary N) is 1. The summed E-state index contributed by atoms with van der Waals surface area (Å²) in [6, 6.07) is 4.60. The van der Waals surface area contributed by atoms with Gasteiger partial charge in [-0.3, -0.25) is 19.6 Å². The van der Waals surface area contributed by atoms with Crippen LogP contribution in [0, 0.1) is 6.92 Å². The van der Waals surface area contributed by atoms with Gasteiger partial charge in [0.2, 0.25) is 11.9 Å². The number of imidazole rings is 1. The first kappa shape index (κ1) is 25.1. The van der Waals surface area contributed by atoms with Crippen LogP contribution in [0.3, 0.4) is 0 Å². The van der Waals surface area contributed by atoms with Gasteiger partial charge in [-0.2, -0.15) is 17.8 Å². The summed E-state index contributed by atoms with van der Waals surface area (Å²) in [6.45, 7) is 4.25. The molecule has 1 aromatic carbocycles. The average molecular weight is 493 g/mol. The maximum Gasteiger partial charge on any atom is 0.278 e. The summed E-state index contributed by atoms with van der Waals surface area (Å²) in [6.07, 6.45) is 0. The Morgan fingerprint density at radius 3 is 2.53 bits per heavy atom. The maximum absolute atomic E-state index is 13.0. The van der Waals surface area contributed by atoms with Gasteiger partial charge in [0.05, 0.1) is 18.3 Å². The Morgan fingerprint density at radius 2 is 1.94 bits per heavy atom. The predicted octanol–water partition coefficient (Wildman–Crippen LogP) is 0.317. The fourth-order valence-corrected chi connectivity index (χ4v) is 4.00. The highest BCUT2D eigenvalue weighted by atomic mass is 32.2. The summed E-state index contributed by atoms with van der Waals surface area (Å²) in [5, 5.41) is 7.05. The average Bonchev–Trinajstić information content (AvgIpc) is 3.32. The monoisotopic (exact) mass is 492 g/mol. The molecule has 0 spiro atoms. The summed E-state index contributed by atoms with van der Waals surface area (Å²) in [5.74, 6) is -0.668. The second-order valence-electron chi connectivity index (χ2n) is 7.62.